The lowest BCUT2D eigenvalue weighted by molar-refractivity contribution is -0.135. The van der Waals surface area contributed by atoms with Crippen molar-refractivity contribution in [3.05, 3.63) is 0 Å². The molecule has 94 valence electrons. The van der Waals surface area contributed by atoms with E-state index in [9.17, 15) is 4.79 Å². The highest BCUT2D eigenvalue weighted by atomic mass is 16.5. The fraction of sp³-hybridized carbons (Fsp3) is 0.923. The van der Waals surface area contributed by atoms with Crippen molar-refractivity contribution in [2.45, 2.75) is 52.6 Å². The molecule has 3 heteroatoms. The van der Waals surface area contributed by atoms with E-state index in [0.29, 0.717) is 12.5 Å². The van der Waals surface area contributed by atoms with Gasteiger partial charge in [0.25, 0.3) is 0 Å². The third-order valence-corrected chi connectivity index (χ3v) is 3.09. The van der Waals surface area contributed by atoms with Gasteiger partial charge in [0, 0.05) is 19.1 Å². The van der Waals surface area contributed by atoms with Crippen LogP contribution in [0.5, 0.6) is 0 Å². The van der Waals surface area contributed by atoms with Gasteiger partial charge in [-0.05, 0) is 39.0 Å². The zero-order valence-electron chi connectivity index (χ0n) is 11.0. The molecule has 0 aliphatic carbocycles. The van der Waals surface area contributed by atoms with Crippen LogP contribution in [0.1, 0.15) is 47.0 Å². The Morgan fingerprint density at radius 2 is 2.19 bits per heavy atom. The molecular formula is C13H25NO2. The third-order valence-electron chi connectivity index (χ3n) is 3.09. The van der Waals surface area contributed by atoms with Gasteiger partial charge in [0.05, 0.1) is 5.60 Å². The Hall–Kier alpha value is -0.570. The molecule has 1 aliphatic rings. The maximum absolute atomic E-state index is 11.9. The van der Waals surface area contributed by atoms with Crippen LogP contribution in [0.4, 0.5) is 0 Å². The second kappa shape index (κ2) is 5.67. The first-order valence-corrected chi connectivity index (χ1v) is 6.32. The van der Waals surface area contributed by atoms with Gasteiger partial charge in [-0.2, -0.15) is 0 Å². The molecular weight excluding hydrogens is 202 g/mol. The van der Waals surface area contributed by atoms with E-state index in [4.69, 9.17) is 4.74 Å². The Balaban J connectivity index is 2.31. The van der Waals surface area contributed by atoms with Gasteiger partial charge < -0.3 is 10.1 Å². The van der Waals surface area contributed by atoms with Gasteiger partial charge in [-0.3, -0.25) is 4.79 Å². The SMILES string of the molecule is CC(C)CCNC(=O)[C@@H]1CCOC(C)(C)C1. The second-order valence-electron chi connectivity index (χ2n) is 5.77. The molecule has 0 saturated carbocycles. The Bertz CT molecular complexity index is 236. The van der Waals surface area contributed by atoms with E-state index in [-0.39, 0.29) is 17.4 Å². The van der Waals surface area contributed by atoms with Gasteiger partial charge in [0.15, 0.2) is 0 Å². The molecule has 1 saturated heterocycles. The smallest absolute Gasteiger partial charge is 0.223 e. The Morgan fingerprint density at radius 1 is 1.50 bits per heavy atom. The number of hydrogen-bond donors (Lipinski definition) is 1. The number of hydrogen-bond acceptors (Lipinski definition) is 2. The molecule has 1 rings (SSSR count). The minimum atomic E-state index is -0.141. The van der Waals surface area contributed by atoms with E-state index >= 15 is 0 Å². The standard InChI is InChI=1S/C13H25NO2/c1-10(2)5-7-14-12(15)11-6-8-16-13(3,4)9-11/h10-11H,5-9H2,1-4H3,(H,14,15)/t11-/m1/s1. The molecule has 1 aliphatic heterocycles. The molecule has 1 heterocycles. The molecule has 1 N–H and O–H groups in total. The average molecular weight is 227 g/mol. The zero-order valence-corrected chi connectivity index (χ0v) is 11.0. The zero-order chi connectivity index (χ0) is 12.2. The molecule has 1 amide bonds. The van der Waals surface area contributed by atoms with Crippen LogP contribution in [0.25, 0.3) is 0 Å². The quantitative estimate of drug-likeness (QED) is 0.800. The second-order valence-corrected chi connectivity index (χ2v) is 5.77. The van der Waals surface area contributed by atoms with E-state index in [1.165, 1.54) is 0 Å². The van der Waals surface area contributed by atoms with Crippen molar-refractivity contribution in [3.63, 3.8) is 0 Å². The van der Waals surface area contributed by atoms with Gasteiger partial charge in [-0.15, -0.1) is 0 Å². The van der Waals surface area contributed by atoms with Gasteiger partial charge >= 0.3 is 0 Å². The van der Waals surface area contributed by atoms with E-state index < -0.39 is 0 Å². The first kappa shape index (κ1) is 13.5. The number of carbonyl (C=O) groups excluding carboxylic acids is 1. The summed E-state index contributed by atoms with van der Waals surface area (Å²) in [4.78, 5) is 11.9. The fourth-order valence-corrected chi connectivity index (χ4v) is 2.08. The van der Waals surface area contributed by atoms with Crippen molar-refractivity contribution in [2.24, 2.45) is 11.8 Å². The van der Waals surface area contributed by atoms with Crippen LogP contribution in [-0.4, -0.2) is 24.7 Å². The summed E-state index contributed by atoms with van der Waals surface area (Å²) in [7, 11) is 0. The van der Waals surface area contributed by atoms with Gasteiger partial charge in [0.1, 0.15) is 0 Å². The maximum atomic E-state index is 11.9. The molecule has 0 radical (unpaired) electrons. The summed E-state index contributed by atoms with van der Waals surface area (Å²) in [5.74, 6) is 0.986. The average Bonchev–Trinajstić information content (AvgIpc) is 2.15. The maximum Gasteiger partial charge on any atom is 0.223 e. The molecule has 16 heavy (non-hydrogen) atoms. The van der Waals surface area contributed by atoms with Crippen molar-refractivity contribution in [1.29, 1.82) is 0 Å². The number of carbonyl (C=O) groups is 1. The monoisotopic (exact) mass is 227 g/mol. The highest BCUT2D eigenvalue weighted by Gasteiger charge is 2.32. The summed E-state index contributed by atoms with van der Waals surface area (Å²) >= 11 is 0. The molecule has 0 aromatic heterocycles. The number of amides is 1. The molecule has 0 spiro atoms. The van der Waals surface area contributed by atoms with Crippen molar-refractivity contribution in [2.75, 3.05) is 13.2 Å². The van der Waals surface area contributed by atoms with Crippen LogP contribution in [0.3, 0.4) is 0 Å². The van der Waals surface area contributed by atoms with Crippen molar-refractivity contribution < 1.29 is 9.53 Å². The summed E-state index contributed by atoms with van der Waals surface area (Å²) in [6.07, 6.45) is 2.75. The molecule has 1 fully saturated rings. The first-order valence-electron chi connectivity index (χ1n) is 6.32. The molecule has 3 nitrogen and oxygen atoms in total. The van der Waals surface area contributed by atoms with Crippen LogP contribution >= 0.6 is 0 Å². The molecule has 0 unspecified atom stereocenters. The summed E-state index contributed by atoms with van der Waals surface area (Å²) in [5.41, 5.74) is -0.141. The largest absolute Gasteiger partial charge is 0.376 e. The fourth-order valence-electron chi connectivity index (χ4n) is 2.08. The van der Waals surface area contributed by atoms with Gasteiger partial charge in [0.2, 0.25) is 5.91 Å². The summed E-state index contributed by atoms with van der Waals surface area (Å²) < 4.78 is 5.61. The lowest BCUT2D eigenvalue weighted by Gasteiger charge is -2.34. The number of nitrogens with one attached hydrogen (secondary N) is 1. The summed E-state index contributed by atoms with van der Waals surface area (Å²) in [6.45, 7) is 9.96. The minimum absolute atomic E-state index is 0.135. The highest BCUT2D eigenvalue weighted by molar-refractivity contribution is 5.78. The lowest BCUT2D eigenvalue weighted by Crippen LogP contribution is -2.41. The molecule has 0 bridgehead atoms. The van der Waals surface area contributed by atoms with Crippen molar-refractivity contribution in [3.8, 4) is 0 Å². The van der Waals surface area contributed by atoms with E-state index in [0.717, 1.165) is 25.8 Å². The Kier molecular flexibility index (Phi) is 4.78. The Morgan fingerprint density at radius 3 is 2.75 bits per heavy atom. The normalized spacial score (nSPS) is 24.4. The molecule has 0 aromatic carbocycles. The van der Waals surface area contributed by atoms with Crippen LogP contribution in [0.2, 0.25) is 0 Å². The summed E-state index contributed by atoms with van der Waals surface area (Å²) in [6, 6.07) is 0. The topological polar surface area (TPSA) is 38.3 Å². The van der Waals surface area contributed by atoms with Crippen LogP contribution in [-0.2, 0) is 9.53 Å². The van der Waals surface area contributed by atoms with Gasteiger partial charge in [-0.25, -0.2) is 0 Å². The van der Waals surface area contributed by atoms with Crippen molar-refractivity contribution >= 4 is 5.91 Å². The highest BCUT2D eigenvalue weighted by Crippen LogP contribution is 2.28. The van der Waals surface area contributed by atoms with Gasteiger partial charge in [-0.1, -0.05) is 13.8 Å². The number of ether oxygens (including phenoxy) is 1. The van der Waals surface area contributed by atoms with Crippen LogP contribution < -0.4 is 5.32 Å². The Labute approximate surface area is 98.9 Å². The number of rotatable bonds is 4. The predicted octanol–water partition coefficient (Wildman–Crippen LogP) is 2.35. The summed E-state index contributed by atoms with van der Waals surface area (Å²) in [5, 5.41) is 3.03. The van der Waals surface area contributed by atoms with E-state index in [1.54, 1.807) is 0 Å². The molecule has 1 atom stereocenters. The van der Waals surface area contributed by atoms with Crippen LogP contribution in [0, 0.1) is 11.8 Å². The minimum Gasteiger partial charge on any atom is -0.376 e. The van der Waals surface area contributed by atoms with E-state index in [2.05, 4.69) is 33.0 Å². The predicted molar refractivity (Wildman–Crippen MR) is 65.2 cm³/mol. The van der Waals surface area contributed by atoms with E-state index in [1.807, 2.05) is 0 Å². The third kappa shape index (κ3) is 4.52. The molecule has 0 aromatic rings. The van der Waals surface area contributed by atoms with Crippen molar-refractivity contribution in [1.82, 2.24) is 5.32 Å². The van der Waals surface area contributed by atoms with Crippen LogP contribution in [0.15, 0.2) is 0 Å². The first-order chi connectivity index (χ1) is 7.41. The lowest BCUT2D eigenvalue weighted by atomic mass is 9.88.